The van der Waals surface area contributed by atoms with Crippen LogP contribution >= 0.6 is 0 Å². The van der Waals surface area contributed by atoms with E-state index in [4.69, 9.17) is 0 Å². The Morgan fingerprint density at radius 1 is 1.00 bits per heavy atom. The molecule has 0 fully saturated rings. The summed E-state index contributed by atoms with van der Waals surface area (Å²) >= 11 is 0. The molecule has 4 heteroatoms. The Bertz CT molecular complexity index is 402. The van der Waals surface area contributed by atoms with Crippen molar-refractivity contribution in [2.45, 2.75) is 59.4 Å². The van der Waals surface area contributed by atoms with Gasteiger partial charge in [-0.05, 0) is 0 Å². The summed E-state index contributed by atoms with van der Waals surface area (Å²) < 4.78 is 0. The van der Waals surface area contributed by atoms with Crippen LogP contribution in [0.2, 0.25) is 0 Å². The van der Waals surface area contributed by atoms with Crippen molar-refractivity contribution in [3.05, 3.63) is 11.2 Å². The number of aromatic nitrogens is 2. The van der Waals surface area contributed by atoms with Gasteiger partial charge >= 0.3 is 105 Å². The Kier molecular flexibility index (Phi) is 3.65. The van der Waals surface area contributed by atoms with Crippen molar-refractivity contribution in [3.63, 3.8) is 0 Å². The van der Waals surface area contributed by atoms with Gasteiger partial charge in [-0.15, -0.1) is 0 Å². The number of anilines is 1. The molecule has 3 nitrogen and oxygen atoms in total. The molecule has 0 amide bonds. The van der Waals surface area contributed by atoms with Gasteiger partial charge in [-0.25, -0.2) is 0 Å². The fourth-order valence-corrected chi connectivity index (χ4v) is 1.39. The molecule has 1 rings (SSSR count). The Hall–Kier alpha value is -0.925. The second kappa shape index (κ2) is 4.39. The second-order valence-corrected chi connectivity index (χ2v) is 6.67. The molecule has 1 aromatic heterocycles. The summed E-state index contributed by atoms with van der Waals surface area (Å²) in [5.41, 5.74) is 2.21. The van der Waals surface area contributed by atoms with Crippen LogP contribution in [0.5, 0.6) is 0 Å². The zero-order chi connectivity index (χ0) is 13.4. The van der Waals surface area contributed by atoms with Gasteiger partial charge in [0, 0.05) is 0 Å². The molecule has 0 saturated carbocycles. The van der Waals surface area contributed by atoms with Gasteiger partial charge < -0.3 is 0 Å². The third-order valence-electron chi connectivity index (χ3n) is 2.92. The first-order valence-electron chi connectivity index (χ1n) is 6.12. The van der Waals surface area contributed by atoms with Crippen LogP contribution in [0.25, 0.3) is 0 Å². The molecule has 17 heavy (non-hydrogen) atoms. The van der Waals surface area contributed by atoms with Gasteiger partial charge in [0.25, 0.3) is 0 Å². The molecule has 0 unspecified atom stereocenters. The predicted octanol–water partition coefficient (Wildman–Crippen LogP) is 2.66. The topological polar surface area (TPSA) is 29.0 Å². The second-order valence-electron chi connectivity index (χ2n) is 6.67. The van der Waals surface area contributed by atoms with Crippen LogP contribution < -0.4 is 4.90 Å². The average molecular weight is 233 g/mol. The molecule has 0 aromatic carbocycles. The normalized spacial score (nSPS) is 12.5. The van der Waals surface area contributed by atoms with Gasteiger partial charge in [0.15, 0.2) is 0 Å². The van der Waals surface area contributed by atoms with E-state index in [1.54, 1.807) is 0 Å². The SMILES string of the molecule is Cc1bc(C(C)(C)C)nc(N(C)C(C)(C)C)n1. The van der Waals surface area contributed by atoms with Crippen molar-refractivity contribution in [2.24, 2.45) is 0 Å². The monoisotopic (exact) mass is 233 g/mol. The first-order valence-corrected chi connectivity index (χ1v) is 6.12. The summed E-state index contributed by atoms with van der Waals surface area (Å²) in [6.07, 6.45) is 0. The zero-order valence-electron chi connectivity index (χ0n) is 12.4. The minimum atomic E-state index is 0.0307. The van der Waals surface area contributed by atoms with Gasteiger partial charge in [0.1, 0.15) is 0 Å². The van der Waals surface area contributed by atoms with Gasteiger partial charge in [0.2, 0.25) is 0 Å². The number of aryl methyl sites for hydroxylation is 1. The maximum atomic E-state index is 4.69. The molecule has 1 aromatic rings. The van der Waals surface area contributed by atoms with Gasteiger partial charge in [0.05, 0.1) is 0 Å². The molecular weight excluding hydrogens is 209 g/mol. The van der Waals surface area contributed by atoms with Crippen molar-refractivity contribution >= 4 is 12.9 Å². The van der Waals surface area contributed by atoms with Gasteiger partial charge in [-0.3, -0.25) is 0 Å². The van der Waals surface area contributed by atoms with Crippen molar-refractivity contribution < 1.29 is 0 Å². The fourth-order valence-electron chi connectivity index (χ4n) is 1.39. The zero-order valence-corrected chi connectivity index (χ0v) is 12.4. The van der Waals surface area contributed by atoms with Crippen LogP contribution in [-0.4, -0.2) is 29.5 Å². The number of hydrogen-bond donors (Lipinski definition) is 0. The van der Waals surface area contributed by atoms with E-state index in [-0.39, 0.29) is 11.0 Å². The van der Waals surface area contributed by atoms with E-state index in [1.807, 2.05) is 14.0 Å². The molecule has 0 spiro atoms. The number of rotatable bonds is 1. The Morgan fingerprint density at radius 3 is 1.94 bits per heavy atom. The van der Waals surface area contributed by atoms with E-state index in [9.17, 15) is 0 Å². The first kappa shape index (κ1) is 14.1. The Labute approximate surface area is 106 Å². The van der Waals surface area contributed by atoms with Gasteiger partial charge in [-0.1, -0.05) is 0 Å². The molecule has 0 aliphatic heterocycles. The van der Waals surface area contributed by atoms with Crippen molar-refractivity contribution in [1.82, 2.24) is 9.97 Å². The van der Waals surface area contributed by atoms with Crippen LogP contribution in [-0.2, 0) is 5.41 Å². The molecule has 0 atom stereocenters. The van der Waals surface area contributed by atoms with Crippen molar-refractivity contribution in [1.29, 1.82) is 0 Å². The van der Waals surface area contributed by atoms with Crippen molar-refractivity contribution in [2.75, 3.05) is 11.9 Å². The Morgan fingerprint density at radius 2 is 1.53 bits per heavy atom. The molecule has 1 heterocycles. The molecule has 0 radical (unpaired) electrons. The molecule has 0 aliphatic rings. The summed E-state index contributed by atoms with van der Waals surface area (Å²) in [4.78, 5) is 11.3. The third-order valence-corrected chi connectivity index (χ3v) is 2.92. The van der Waals surface area contributed by atoms with Gasteiger partial charge in [-0.2, -0.15) is 0 Å². The van der Waals surface area contributed by atoms with Crippen LogP contribution in [0.3, 0.4) is 0 Å². The molecule has 0 saturated heterocycles. The summed E-state index contributed by atoms with van der Waals surface area (Å²) in [5.74, 6) is 0.808. The summed E-state index contributed by atoms with van der Waals surface area (Å²) in [6, 6.07) is 0. The Balaban J connectivity index is 3.24. The molecule has 0 N–H and O–H groups in total. The minimum absolute atomic E-state index is 0.0307. The average Bonchev–Trinajstić information content (AvgIpc) is 2.12. The fraction of sp³-hybridized carbons (Fsp3) is 0.769. The first-order chi connectivity index (χ1) is 7.51. The van der Waals surface area contributed by atoms with E-state index in [2.05, 4.69) is 63.3 Å². The van der Waals surface area contributed by atoms with E-state index in [1.165, 1.54) is 0 Å². The molecule has 94 valence electrons. The molecule has 0 bridgehead atoms. The van der Waals surface area contributed by atoms with E-state index < -0.39 is 0 Å². The predicted molar refractivity (Wildman–Crippen MR) is 75.0 cm³/mol. The van der Waals surface area contributed by atoms with Crippen LogP contribution in [0.4, 0.5) is 5.95 Å². The number of nitrogens with zero attached hydrogens (tertiary/aromatic N) is 3. The standard InChI is InChI=1S/C13H24BN3/c1-9-14-10(12(2,3)4)16-11(15-9)17(8)13(5,6)7/h1-8H3. The quantitative estimate of drug-likeness (QED) is 0.746. The van der Waals surface area contributed by atoms with Crippen LogP contribution in [0, 0.1) is 6.92 Å². The molecular formula is C13H24BN3. The van der Waals surface area contributed by atoms with E-state index >= 15 is 0 Å². The van der Waals surface area contributed by atoms with Crippen molar-refractivity contribution in [3.8, 4) is 0 Å². The maximum absolute atomic E-state index is 4.69. The summed E-state index contributed by atoms with van der Waals surface area (Å²) in [6.45, 7) is 17.1. The van der Waals surface area contributed by atoms with E-state index in [0.29, 0.717) is 0 Å². The van der Waals surface area contributed by atoms with E-state index in [0.717, 1.165) is 17.1 Å². The third kappa shape index (κ3) is 3.52. The van der Waals surface area contributed by atoms with Crippen LogP contribution in [0.1, 0.15) is 52.7 Å². The summed E-state index contributed by atoms with van der Waals surface area (Å²) in [7, 11) is 2.04. The number of hydrogen-bond acceptors (Lipinski definition) is 3. The molecule has 0 aliphatic carbocycles. The van der Waals surface area contributed by atoms with Crippen LogP contribution in [0.15, 0.2) is 0 Å². The summed E-state index contributed by atoms with van der Waals surface area (Å²) in [5, 5.41) is 0.